The quantitative estimate of drug-likeness (QED) is 0.468. The second kappa shape index (κ2) is 11.9. The largest absolute Gasteiger partial charge is 0.473 e. The predicted octanol–water partition coefficient (Wildman–Crippen LogP) is -0.811. The lowest BCUT2D eigenvalue weighted by Crippen LogP contribution is -2.25. The van der Waals surface area contributed by atoms with E-state index < -0.39 is 17.3 Å². The predicted molar refractivity (Wildman–Crippen MR) is 65.1 cm³/mol. The second-order valence-electron chi connectivity index (χ2n) is 2.34. The van der Waals surface area contributed by atoms with E-state index in [4.69, 9.17) is 22.8 Å². The van der Waals surface area contributed by atoms with Crippen molar-refractivity contribution in [2.24, 2.45) is 0 Å². The van der Waals surface area contributed by atoms with Gasteiger partial charge in [0, 0.05) is 13.2 Å². The summed E-state index contributed by atoms with van der Waals surface area (Å²) in [6.07, 6.45) is 0. The molecule has 0 heterocycles. The fourth-order valence-electron chi connectivity index (χ4n) is 0.625. The van der Waals surface area contributed by atoms with E-state index in [1.807, 2.05) is 13.8 Å². The van der Waals surface area contributed by atoms with Gasteiger partial charge in [-0.1, -0.05) is 0 Å². The van der Waals surface area contributed by atoms with Gasteiger partial charge in [0.1, 0.15) is 10.5 Å². The van der Waals surface area contributed by atoms with E-state index in [1.165, 1.54) is 6.92 Å². The first-order chi connectivity index (χ1) is 7.41. The van der Waals surface area contributed by atoms with Crippen molar-refractivity contribution in [3.05, 3.63) is 0 Å². The van der Waals surface area contributed by atoms with Crippen molar-refractivity contribution < 1.29 is 31.8 Å². The van der Waals surface area contributed by atoms with Crippen molar-refractivity contribution in [3.63, 3.8) is 0 Å². The summed E-state index contributed by atoms with van der Waals surface area (Å²) in [4.78, 5) is 15.8. The third-order valence-corrected chi connectivity index (χ3v) is 4.44. The maximum Gasteiger partial charge on any atom is 0.473 e. The summed E-state index contributed by atoms with van der Waals surface area (Å²) in [6, 6.07) is 0. The molecule has 0 aliphatic carbocycles. The Kier molecular flexibility index (Phi) is 14.0. The summed E-state index contributed by atoms with van der Waals surface area (Å²) in [5.74, 6) is 0. The third-order valence-electron chi connectivity index (χ3n) is 1.10. The lowest BCUT2D eigenvalue weighted by Gasteiger charge is -2.11. The molecule has 0 saturated heterocycles. The molecule has 10 heteroatoms. The second-order valence-corrected chi connectivity index (χ2v) is 6.71. The first-order valence-electron chi connectivity index (χ1n) is 4.87. The van der Waals surface area contributed by atoms with E-state index in [2.05, 4.69) is 4.52 Å². The van der Waals surface area contributed by atoms with Crippen LogP contribution in [0.15, 0.2) is 0 Å². The number of hydrogen-bond acceptors (Lipinski definition) is 5. The Hall–Kier alpha value is 0.424. The van der Waals surface area contributed by atoms with Crippen LogP contribution in [0.5, 0.6) is 0 Å². The maximum atomic E-state index is 9.70. The molecule has 0 aliphatic heterocycles. The van der Waals surface area contributed by atoms with Crippen molar-refractivity contribution in [3.8, 4) is 0 Å². The van der Waals surface area contributed by atoms with Gasteiger partial charge in [0.15, 0.2) is 0 Å². The number of phosphoric acid groups is 1. The lowest BCUT2D eigenvalue weighted by atomic mass is 10.9. The van der Waals surface area contributed by atoms with Crippen molar-refractivity contribution >= 4 is 27.8 Å². The molecule has 0 radical (unpaired) electrons. The van der Waals surface area contributed by atoms with Crippen molar-refractivity contribution in [1.29, 1.82) is 0 Å². The van der Waals surface area contributed by atoms with Gasteiger partial charge in [0.05, 0.1) is 6.61 Å². The third kappa shape index (κ3) is 16.8. The topological polar surface area (TPSA) is 94.5 Å². The molecule has 0 aromatic carbocycles. The van der Waals surface area contributed by atoms with E-state index in [0.717, 1.165) is 0 Å². The van der Waals surface area contributed by atoms with Gasteiger partial charge in [-0.15, -0.1) is 0 Å². The molecule has 0 aliphatic rings. The number of rotatable bonds is 7. The van der Waals surface area contributed by atoms with Crippen molar-refractivity contribution in [2.75, 3.05) is 19.8 Å². The van der Waals surface area contributed by atoms with Crippen LogP contribution in [-0.4, -0.2) is 49.6 Å². The number of phosphoric ester groups is 1. The van der Waals surface area contributed by atoms with E-state index in [1.54, 1.807) is 0 Å². The first-order valence-corrected chi connectivity index (χ1v) is 8.63. The summed E-state index contributed by atoms with van der Waals surface area (Å²) in [7, 11) is -5.10. The molecule has 2 N–H and O–H groups in total. The normalized spacial score (nSPS) is 11.4. The van der Waals surface area contributed by atoms with Crippen molar-refractivity contribution in [1.82, 2.24) is 0 Å². The molecule has 0 aromatic rings. The minimum Gasteiger partial charge on any atom is -0.427 e. The summed E-state index contributed by atoms with van der Waals surface area (Å²) < 4.78 is 29.0. The number of hydrogen-bond donors (Lipinski definition) is 2. The molecule has 0 saturated carbocycles. The highest BCUT2D eigenvalue weighted by molar-refractivity contribution is 7.46. The van der Waals surface area contributed by atoms with Gasteiger partial charge >= 0.3 is 17.3 Å². The van der Waals surface area contributed by atoms with Gasteiger partial charge < -0.3 is 22.8 Å². The Bertz CT molecular complexity index is 182. The summed E-state index contributed by atoms with van der Waals surface area (Å²) in [5, 5.41) is 0. The minimum absolute atomic E-state index is 0.0459. The molecule has 0 rings (SSSR count). The highest BCUT2D eigenvalue weighted by Gasteiger charge is 2.10. The average Bonchev–Trinajstić information content (AvgIpc) is 2.16. The summed E-state index contributed by atoms with van der Waals surface area (Å²) >= 11 is 0. The molecule has 7 nitrogen and oxygen atoms in total. The smallest absolute Gasteiger partial charge is 0.427 e. The fourth-order valence-corrected chi connectivity index (χ4v) is 2.69. The van der Waals surface area contributed by atoms with Gasteiger partial charge in [-0.05, 0) is 20.8 Å². The Balaban J connectivity index is 0. The Morgan fingerprint density at radius 2 is 1.56 bits per heavy atom. The molecule has 0 amide bonds. The SMILES string of the molecule is CCOP(=O)(O)O.CCO[SiH](O[SiH3])OCC. The fraction of sp³-hybridized carbons (Fsp3) is 1.00. The Morgan fingerprint density at radius 1 is 1.12 bits per heavy atom. The standard InChI is InChI=1S/C4H14O3Si2.C2H7O4P/c1-3-5-9(7-8)6-4-2;1-2-6-7(3,4)5/h9H,3-4H2,1-2,8H3;2H2,1H3,(H2,3,4,5). The van der Waals surface area contributed by atoms with E-state index in [-0.39, 0.29) is 6.61 Å². The van der Waals surface area contributed by atoms with Crippen LogP contribution >= 0.6 is 7.82 Å². The van der Waals surface area contributed by atoms with E-state index in [0.29, 0.717) is 23.7 Å². The average molecular weight is 292 g/mol. The molecule has 0 fully saturated rings. The molecule has 0 bridgehead atoms. The van der Waals surface area contributed by atoms with Gasteiger partial charge in [0.25, 0.3) is 0 Å². The highest BCUT2D eigenvalue weighted by atomic mass is 31.2. The summed E-state index contributed by atoms with van der Waals surface area (Å²) in [5.41, 5.74) is 0. The van der Waals surface area contributed by atoms with Crippen LogP contribution in [0.4, 0.5) is 0 Å². The lowest BCUT2D eigenvalue weighted by molar-refractivity contribution is 0.157. The molecule has 16 heavy (non-hydrogen) atoms. The van der Waals surface area contributed by atoms with Crippen LogP contribution in [0.2, 0.25) is 0 Å². The van der Waals surface area contributed by atoms with Crippen LogP contribution in [0, 0.1) is 0 Å². The van der Waals surface area contributed by atoms with Gasteiger partial charge in [-0.3, -0.25) is 4.52 Å². The zero-order chi connectivity index (χ0) is 13.0. The van der Waals surface area contributed by atoms with Crippen LogP contribution in [0.1, 0.15) is 20.8 Å². The molecule has 100 valence electrons. The van der Waals surface area contributed by atoms with Gasteiger partial charge in [0.2, 0.25) is 0 Å². The Labute approximate surface area is 101 Å². The zero-order valence-corrected chi connectivity index (χ0v) is 14.1. The maximum absolute atomic E-state index is 9.70. The summed E-state index contributed by atoms with van der Waals surface area (Å²) in [6.45, 7) is 6.83. The van der Waals surface area contributed by atoms with Gasteiger partial charge in [-0.25, -0.2) is 4.57 Å². The molecule has 0 spiro atoms. The zero-order valence-electron chi connectivity index (χ0n) is 10.1. The van der Waals surface area contributed by atoms with E-state index >= 15 is 0 Å². The Morgan fingerprint density at radius 3 is 1.69 bits per heavy atom. The highest BCUT2D eigenvalue weighted by Crippen LogP contribution is 2.34. The molecule has 0 atom stereocenters. The van der Waals surface area contributed by atoms with Crippen LogP contribution in [-0.2, 0) is 22.1 Å². The monoisotopic (exact) mass is 292 g/mol. The molecular formula is C6H21O7PSi2. The van der Waals surface area contributed by atoms with Crippen LogP contribution < -0.4 is 0 Å². The first kappa shape index (κ1) is 18.8. The van der Waals surface area contributed by atoms with Gasteiger partial charge in [-0.2, -0.15) is 0 Å². The van der Waals surface area contributed by atoms with Crippen LogP contribution in [0.25, 0.3) is 0 Å². The molecular weight excluding hydrogens is 271 g/mol. The molecule has 0 aromatic heterocycles. The van der Waals surface area contributed by atoms with Crippen LogP contribution in [0.3, 0.4) is 0 Å². The molecule has 0 unspecified atom stereocenters. The van der Waals surface area contributed by atoms with Crippen molar-refractivity contribution in [2.45, 2.75) is 20.8 Å². The van der Waals surface area contributed by atoms with E-state index in [9.17, 15) is 4.57 Å². The minimum atomic E-state index is -4.17.